The molecule has 0 heterocycles. The number of hydrogen-bond acceptors (Lipinski definition) is 4. The zero-order valence-electron chi connectivity index (χ0n) is 13.7. The largest absolute Gasteiger partial charge is 0.382 e. The highest BCUT2D eigenvalue weighted by Gasteiger charge is 2.23. The quantitative estimate of drug-likeness (QED) is 0.582. The van der Waals surface area contributed by atoms with Gasteiger partial charge >= 0.3 is 0 Å². The molecule has 0 amide bonds. The maximum atomic E-state index is 12.8. The summed E-state index contributed by atoms with van der Waals surface area (Å²) in [4.78, 5) is 34.7. The van der Waals surface area contributed by atoms with Crippen molar-refractivity contribution < 1.29 is 23.9 Å². The van der Waals surface area contributed by atoms with E-state index in [1.54, 1.807) is 6.08 Å². The molecule has 5 heteroatoms. The molecule has 1 aromatic rings. The molecule has 4 nitrogen and oxygen atoms in total. The highest BCUT2D eigenvalue weighted by atomic mass is 19.1. The van der Waals surface area contributed by atoms with E-state index in [2.05, 4.69) is 0 Å². The Kier molecular flexibility index (Phi) is 6.31. The van der Waals surface area contributed by atoms with Crippen LogP contribution < -0.4 is 0 Å². The first-order chi connectivity index (χ1) is 11.9. The Morgan fingerprint density at radius 1 is 1.08 bits per heavy atom. The number of Topliss-reactive ketones (excluding diaryl/α,β-unsaturated/α-hetero) is 1. The lowest BCUT2D eigenvalue weighted by molar-refractivity contribution is -0.119. The van der Waals surface area contributed by atoms with Gasteiger partial charge in [-0.3, -0.25) is 14.4 Å². The maximum Gasteiger partial charge on any atom is 0.185 e. The third kappa shape index (κ3) is 6.04. The van der Waals surface area contributed by atoms with Gasteiger partial charge in [0.2, 0.25) is 0 Å². The van der Waals surface area contributed by atoms with Gasteiger partial charge in [0.1, 0.15) is 17.2 Å². The molecular formula is C20H19FO4. The number of ketones is 3. The number of hydrogen-bond donors (Lipinski definition) is 1. The Morgan fingerprint density at radius 3 is 2.36 bits per heavy atom. The summed E-state index contributed by atoms with van der Waals surface area (Å²) in [6.07, 6.45) is 9.40. The summed E-state index contributed by atoms with van der Waals surface area (Å²) >= 11 is 0. The van der Waals surface area contributed by atoms with E-state index in [9.17, 15) is 23.9 Å². The molecule has 0 bridgehead atoms. The Labute approximate surface area is 145 Å². The number of aliphatic hydroxyl groups is 1. The number of carbonyl (C=O) groups is 3. The van der Waals surface area contributed by atoms with E-state index in [1.165, 1.54) is 54.6 Å². The van der Waals surface area contributed by atoms with Crippen molar-refractivity contribution in [3.63, 3.8) is 0 Å². The normalized spacial score (nSPS) is 15.7. The molecule has 25 heavy (non-hydrogen) atoms. The van der Waals surface area contributed by atoms with Crippen molar-refractivity contribution >= 4 is 17.3 Å². The Morgan fingerprint density at radius 2 is 1.72 bits per heavy atom. The average molecular weight is 342 g/mol. The van der Waals surface area contributed by atoms with Crippen LogP contribution in [0, 0.1) is 5.82 Å². The molecule has 0 fully saturated rings. The fourth-order valence-corrected chi connectivity index (χ4v) is 2.34. The van der Waals surface area contributed by atoms with Gasteiger partial charge in [-0.2, -0.15) is 0 Å². The molecule has 0 spiro atoms. The van der Waals surface area contributed by atoms with Gasteiger partial charge in [-0.1, -0.05) is 6.08 Å². The third-order valence-corrected chi connectivity index (χ3v) is 3.86. The number of carbonyl (C=O) groups excluding carboxylic acids is 3. The second-order valence-corrected chi connectivity index (χ2v) is 5.91. The molecule has 1 N–H and O–H groups in total. The average Bonchev–Trinajstić information content (AvgIpc) is 2.60. The van der Waals surface area contributed by atoms with Crippen LogP contribution in [0.4, 0.5) is 4.39 Å². The van der Waals surface area contributed by atoms with Crippen LogP contribution in [-0.4, -0.2) is 28.1 Å². The van der Waals surface area contributed by atoms with Crippen LogP contribution in [0.1, 0.15) is 36.0 Å². The summed E-state index contributed by atoms with van der Waals surface area (Å²) in [5, 5.41) is 10.2. The monoisotopic (exact) mass is 342 g/mol. The van der Waals surface area contributed by atoms with E-state index in [-0.39, 0.29) is 36.6 Å². The standard InChI is InChI=1S/C20H19FO4/c21-16-7-5-15(6-8-16)19(24)4-2-1-3-17(22)9-12-20(25)13-10-18(23)11-14-20/h2,4-8,10-11,13-14,25H,1,3,9,12H2/b4-2+. The summed E-state index contributed by atoms with van der Waals surface area (Å²) < 4.78 is 12.8. The van der Waals surface area contributed by atoms with Crippen LogP contribution in [0.15, 0.2) is 60.7 Å². The smallest absolute Gasteiger partial charge is 0.185 e. The third-order valence-electron chi connectivity index (χ3n) is 3.86. The first-order valence-corrected chi connectivity index (χ1v) is 8.01. The van der Waals surface area contributed by atoms with Gasteiger partial charge in [-0.05, 0) is 67.5 Å². The lowest BCUT2D eigenvalue weighted by atomic mass is 9.91. The molecule has 0 saturated heterocycles. The summed E-state index contributed by atoms with van der Waals surface area (Å²) in [7, 11) is 0. The van der Waals surface area contributed by atoms with Crippen LogP contribution in [-0.2, 0) is 9.59 Å². The van der Waals surface area contributed by atoms with Crippen LogP contribution in [0.3, 0.4) is 0 Å². The van der Waals surface area contributed by atoms with Crippen LogP contribution in [0.2, 0.25) is 0 Å². The molecular weight excluding hydrogens is 323 g/mol. The molecule has 1 aliphatic carbocycles. The lowest BCUT2D eigenvalue weighted by Gasteiger charge is -2.21. The van der Waals surface area contributed by atoms with Crippen LogP contribution in [0.25, 0.3) is 0 Å². The topological polar surface area (TPSA) is 71.4 Å². The number of rotatable bonds is 8. The first-order valence-electron chi connectivity index (χ1n) is 8.01. The van der Waals surface area contributed by atoms with Gasteiger partial charge in [0.05, 0.1) is 0 Å². The van der Waals surface area contributed by atoms with Crippen molar-refractivity contribution in [1.82, 2.24) is 0 Å². The Balaban J connectivity index is 1.72. The minimum atomic E-state index is -1.25. The van der Waals surface area contributed by atoms with E-state index in [4.69, 9.17) is 0 Å². The molecule has 0 unspecified atom stereocenters. The predicted molar refractivity (Wildman–Crippen MR) is 91.6 cm³/mol. The molecule has 0 saturated carbocycles. The highest BCUT2D eigenvalue weighted by molar-refractivity contribution is 6.04. The van der Waals surface area contributed by atoms with Gasteiger partial charge in [0.25, 0.3) is 0 Å². The van der Waals surface area contributed by atoms with E-state index in [1.807, 2.05) is 0 Å². The van der Waals surface area contributed by atoms with Crippen molar-refractivity contribution in [2.75, 3.05) is 0 Å². The zero-order valence-corrected chi connectivity index (χ0v) is 13.7. The van der Waals surface area contributed by atoms with Crippen molar-refractivity contribution in [3.8, 4) is 0 Å². The van der Waals surface area contributed by atoms with Gasteiger partial charge in [0.15, 0.2) is 11.6 Å². The number of benzene rings is 1. The first kappa shape index (κ1) is 18.7. The molecule has 0 atom stereocenters. The fraction of sp³-hybridized carbons (Fsp3) is 0.250. The van der Waals surface area contributed by atoms with Gasteiger partial charge in [-0.25, -0.2) is 4.39 Å². The van der Waals surface area contributed by atoms with E-state index in [0.29, 0.717) is 12.0 Å². The van der Waals surface area contributed by atoms with Gasteiger partial charge in [-0.15, -0.1) is 0 Å². The maximum absolute atomic E-state index is 12.8. The van der Waals surface area contributed by atoms with Crippen molar-refractivity contribution in [2.24, 2.45) is 0 Å². The summed E-state index contributed by atoms with van der Waals surface area (Å²) in [6, 6.07) is 5.25. The van der Waals surface area contributed by atoms with E-state index >= 15 is 0 Å². The van der Waals surface area contributed by atoms with Crippen LogP contribution in [0.5, 0.6) is 0 Å². The second kappa shape index (κ2) is 8.44. The van der Waals surface area contributed by atoms with Crippen molar-refractivity contribution in [1.29, 1.82) is 0 Å². The highest BCUT2D eigenvalue weighted by Crippen LogP contribution is 2.20. The molecule has 2 rings (SSSR count). The van der Waals surface area contributed by atoms with E-state index < -0.39 is 11.4 Å². The van der Waals surface area contributed by atoms with Crippen LogP contribution >= 0.6 is 0 Å². The fourth-order valence-electron chi connectivity index (χ4n) is 2.34. The van der Waals surface area contributed by atoms with Gasteiger partial charge < -0.3 is 5.11 Å². The second-order valence-electron chi connectivity index (χ2n) is 5.91. The molecule has 0 radical (unpaired) electrons. The Bertz CT molecular complexity index is 725. The minimum absolute atomic E-state index is 0.0361. The number of halogens is 1. The molecule has 1 aromatic carbocycles. The molecule has 0 aromatic heterocycles. The number of allylic oxidation sites excluding steroid dienone is 4. The van der Waals surface area contributed by atoms with E-state index in [0.717, 1.165) is 0 Å². The summed E-state index contributed by atoms with van der Waals surface area (Å²) in [5.74, 6) is -0.873. The predicted octanol–water partition coefficient (Wildman–Crippen LogP) is 3.12. The van der Waals surface area contributed by atoms with Crippen molar-refractivity contribution in [3.05, 3.63) is 72.1 Å². The van der Waals surface area contributed by atoms with Crippen molar-refractivity contribution in [2.45, 2.75) is 31.3 Å². The lowest BCUT2D eigenvalue weighted by Crippen LogP contribution is -2.26. The Hall–Kier alpha value is -2.66. The minimum Gasteiger partial charge on any atom is -0.382 e. The molecule has 0 aliphatic heterocycles. The zero-order chi connectivity index (χ0) is 18.3. The summed E-state index contributed by atoms with van der Waals surface area (Å²) in [6.45, 7) is 0. The SMILES string of the molecule is O=C1C=CC(O)(CCC(=O)CC/C=C/C(=O)c2ccc(F)cc2)C=C1. The molecule has 1 aliphatic rings. The summed E-state index contributed by atoms with van der Waals surface area (Å²) in [5.41, 5.74) is -0.866. The van der Waals surface area contributed by atoms with Gasteiger partial charge in [0, 0.05) is 18.4 Å². The molecule has 130 valence electrons.